The van der Waals surface area contributed by atoms with Gasteiger partial charge in [-0.3, -0.25) is 4.79 Å². The molecule has 0 aromatic heterocycles. The fraction of sp³-hybridized carbons (Fsp3) is 0.222. The van der Waals surface area contributed by atoms with Crippen molar-refractivity contribution in [1.29, 1.82) is 5.26 Å². The molecule has 5 nitrogen and oxygen atoms in total. The predicted molar refractivity (Wildman–Crippen MR) is 92.0 cm³/mol. The summed E-state index contributed by atoms with van der Waals surface area (Å²) in [6.07, 6.45) is 0. The molecule has 0 bridgehead atoms. The van der Waals surface area contributed by atoms with Crippen molar-refractivity contribution in [2.24, 2.45) is 5.41 Å². The predicted octanol–water partition coefficient (Wildman–Crippen LogP) is 3.18. The molecule has 25 heavy (non-hydrogen) atoms. The van der Waals surface area contributed by atoms with E-state index in [9.17, 15) is 23.6 Å². The Kier molecular flexibility index (Phi) is 4.10. The molecule has 0 spiro atoms. The summed E-state index contributed by atoms with van der Waals surface area (Å²) in [7, 11) is -4.02. The third-order valence-corrected chi connectivity index (χ3v) is 7.08. The van der Waals surface area contributed by atoms with Crippen LogP contribution < -0.4 is 0 Å². The number of rotatable bonds is 4. The van der Waals surface area contributed by atoms with Crippen molar-refractivity contribution in [2.75, 3.05) is 0 Å². The van der Waals surface area contributed by atoms with Gasteiger partial charge >= 0.3 is 5.97 Å². The average molecular weight is 376 g/mol. The van der Waals surface area contributed by atoms with Gasteiger partial charge in [0.05, 0.1) is 11.0 Å². The molecule has 2 aromatic carbocycles. The number of halogens is 1. The highest BCUT2D eigenvalue weighted by atomic mass is 35.5. The molecule has 0 unspecified atom stereocenters. The van der Waals surface area contributed by atoms with E-state index in [2.05, 4.69) is 0 Å². The van der Waals surface area contributed by atoms with Crippen LogP contribution in [0.25, 0.3) is 0 Å². The lowest BCUT2D eigenvalue weighted by atomic mass is 10.00. The van der Waals surface area contributed by atoms with Crippen LogP contribution in [-0.2, 0) is 14.6 Å². The standard InChI is InChI=1S/C18H14ClNO4S/c1-11-2-4-12(5-3-11)15-16(18(15,10-20)17(21)22)25(23,24)14-8-6-13(19)7-9-14/h2-9,15-16H,1H3,(H,21,22)/t15-,16-,18-/m0/s1. The van der Waals surface area contributed by atoms with Gasteiger partial charge in [0.25, 0.3) is 0 Å². The monoisotopic (exact) mass is 375 g/mol. The Labute approximate surface area is 150 Å². The van der Waals surface area contributed by atoms with Crippen molar-refractivity contribution < 1.29 is 18.3 Å². The van der Waals surface area contributed by atoms with Crippen LogP contribution in [0, 0.1) is 23.7 Å². The van der Waals surface area contributed by atoms with E-state index in [0.717, 1.165) is 5.56 Å². The van der Waals surface area contributed by atoms with E-state index in [1.54, 1.807) is 30.3 Å². The molecule has 1 aliphatic rings. The number of hydrogen-bond donors (Lipinski definition) is 1. The van der Waals surface area contributed by atoms with E-state index in [-0.39, 0.29) is 4.90 Å². The van der Waals surface area contributed by atoms with Gasteiger partial charge in [0.15, 0.2) is 15.3 Å². The van der Waals surface area contributed by atoms with Crippen LogP contribution in [-0.4, -0.2) is 24.7 Å². The van der Waals surface area contributed by atoms with E-state index in [1.165, 1.54) is 24.3 Å². The van der Waals surface area contributed by atoms with Gasteiger partial charge in [-0.2, -0.15) is 5.26 Å². The van der Waals surface area contributed by atoms with Crippen LogP contribution in [0.15, 0.2) is 53.4 Å². The maximum Gasteiger partial charge on any atom is 0.326 e. The van der Waals surface area contributed by atoms with Gasteiger partial charge in [-0.15, -0.1) is 0 Å². The van der Waals surface area contributed by atoms with E-state index >= 15 is 0 Å². The van der Waals surface area contributed by atoms with Crippen molar-refractivity contribution in [3.63, 3.8) is 0 Å². The fourth-order valence-corrected chi connectivity index (χ4v) is 5.57. The molecule has 0 radical (unpaired) electrons. The van der Waals surface area contributed by atoms with Crippen LogP contribution in [0.1, 0.15) is 17.0 Å². The van der Waals surface area contributed by atoms with E-state index in [4.69, 9.17) is 11.6 Å². The van der Waals surface area contributed by atoms with E-state index < -0.39 is 32.4 Å². The molecule has 1 N–H and O–H groups in total. The van der Waals surface area contributed by atoms with E-state index in [1.807, 2.05) is 6.92 Å². The molecule has 0 heterocycles. The number of sulfone groups is 1. The zero-order valence-corrected chi connectivity index (χ0v) is 14.8. The van der Waals surface area contributed by atoms with Crippen LogP contribution in [0.4, 0.5) is 0 Å². The largest absolute Gasteiger partial charge is 0.480 e. The number of carboxylic acid groups (broad SMARTS) is 1. The Bertz CT molecular complexity index is 977. The lowest BCUT2D eigenvalue weighted by Gasteiger charge is -2.05. The first-order chi connectivity index (χ1) is 11.7. The summed E-state index contributed by atoms with van der Waals surface area (Å²) in [5.74, 6) is -2.35. The Morgan fingerprint density at radius 1 is 1.16 bits per heavy atom. The molecule has 3 atom stereocenters. The highest BCUT2D eigenvalue weighted by molar-refractivity contribution is 7.92. The summed E-state index contributed by atoms with van der Waals surface area (Å²) in [5.41, 5.74) is -0.509. The minimum Gasteiger partial charge on any atom is -0.480 e. The van der Waals surface area contributed by atoms with Crippen LogP contribution in [0.5, 0.6) is 0 Å². The summed E-state index contributed by atoms with van der Waals surface area (Å²) in [4.78, 5) is 11.8. The maximum absolute atomic E-state index is 13.0. The molecule has 1 saturated carbocycles. The van der Waals surface area contributed by atoms with Gasteiger partial charge in [-0.1, -0.05) is 41.4 Å². The first kappa shape index (κ1) is 17.5. The Hall–Kier alpha value is -2.36. The number of aliphatic carboxylic acids is 1. The molecular formula is C18H14ClNO4S. The van der Waals surface area contributed by atoms with Gasteiger partial charge < -0.3 is 5.11 Å². The summed E-state index contributed by atoms with van der Waals surface area (Å²) >= 11 is 5.79. The Morgan fingerprint density at radius 3 is 2.20 bits per heavy atom. The minimum absolute atomic E-state index is 0.0441. The van der Waals surface area contributed by atoms with Crippen molar-refractivity contribution in [2.45, 2.75) is 23.0 Å². The molecule has 7 heteroatoms. The number of aryl methyl sites for hydroxylation is 1. The average Bonchev–Trinajstić information content (AvgIpc) is 3.27. The lowest BCUT2D eigenvalue weighted by Crippen LogP contribution is -2.22. The van der Waals surface area contributed by atoms with Gasteiger partial charge in [0.1, 0.15) is 5.25 Å². The van der Waals surface area contributed by atoms with Gasteiger partial charge in [-0.05, 0) is 36.8 Å². The van der Waals surface area contributed by atoms with Crippen molar-refractivity contribution >= 4 is 27.4 Å². The summed E-state index contributed by atoms with van der Waals surface area (Å²) in [6, 6.07) is 14.1. The molecule has 1 fully saturated rings. The SMILES string of the molecule is Cc1ccc([C@H]2[C@H](S(=O)(=O)c3ccc(Cl)cc3)[C@@]2(C#N)C(=O)O)cc1. The normalized spacial score (nSPS) is 25.2. The quantitative estimate of drug-likeness (QED) is 0.885. The second kappa shape index (κ2) is 5.87. The smallest absolute Gasteiger partial charge is 0.326 e. The number of hydrogen-bond acceptors (Lipinski definition) is 4. The van der Waals surface area contributed by atoms with Crippen LogP contribution >= 0.6 is 11.6 Å². The molecule has 2 aromatic rings. The zero-order valence-electron chi connectivity index (χ0n) is 13.2. The van der Waals surface area contributed by atoms with Crippen molar-refractivity contribution in [3.8, 4) is 6.07 Å². The highest BCUT2D eigenvalue weighted by Crippen LogP contribution is 2.64. The summed E-state index contributed by atoms with van der Waals surface area (Å²) in [5, 5.41) is 18.2. The van der Waals surface area contributed by atoms with Gasteiger partial charge in [0, 0.05) is 10.9 Å². The van der Waals surface area contributed by atoms with Gasteiger partial charge in [0.2, 0.25) is 0 Å². The van der Waals surface area contributed by atoms with Crippen LogP contribution in [0.3, 0.4) is 0 Å². The van der Waals surface area contributed by atoms with Gasteiger partial charge in [-0.25, -0.2) is 8.42 Å². The van der Waals surface area contributed by atoms with Crippen LogP contribution in [0.2, 0.25) is 5.02 Å². The molecule has 3 rings (SSSR count). The highest BCUT2D eigenvalue weighted by Gasteiger charge is 2.77. The Morgan fingerprint density at radius 2 is 1.72 bits per heavy atom. The first-order valence-corrected chi connectivity index (χ1v) is 9.38. The topological polar surface area (TPSA) is 95.2 Å². The number of carbonyl (C=O) groups is 1. The van der Waals surface area contributed by atoms with Crippen molar-refractivity contribution in [3.05, 3.63) is 64.7 Å². The summed E-state index contributed by atoms with van der Waals surface area (Å²) in [6.45, 7) is 1.87. The Balaban J connectivity index is 2.12. The number of nitriles is 1. The number of nitrogens with zero attached hydrogens (tertiary/aromatic N) is 1. The molecule has 0 aliphatic heterocycles. The zero-order chi connectivity index (χ0) is 18.4. The number of carboxylic acids is 1. The number of benzene rings is 2. The van der Waals surface area contributed by atoms with E-state index in [0.29, 0.717) is 10.6 Å². The molecule has 1 aliphatic carbocycles. The first-order valence-electron chi connectivity index (χ1n) is 7.46. The minimum atomic E-state index is -4.02. The molecule has 128 valence electrons. The second-order valence-corrected chi connectivity index (χ2v) is 8.60. The third-order valence-electron chi connectivity index (χ3n) is 4.58. The van der Waals surface area contributed by atoms with Crippen molar-refractivity contribution in [1.82, 2.24) is 0 Å². The lowest BCUT2D eigenvalue weighted by molar-refractivity contribution is -0.141. The second-order valence-electron chi connectivity index (χ2n) is 6.09. The molecular weight excluding hydrogens is 362 g/mol. The fourth-order valence-electron chi connectivity index (χ4n) is 3.20. The summed E-state index contributed by atoms with van der Waals surface area (Å²) < 4.78 is 26.0. The molecule has 0 amide bonds. The maximum atomic E-state index is 13.0. The molecule has 0 saturated heterocycles. The third kappa shape index (κ3) is 2.60.